The molecule has 140 valence electrons. The molecule has 5 nitrogen and oxygen atoms in total. The minimum atomic E-state index is 0.177. The van der Waals surface area contributed by atoms with Gasteiger partial charge in [-0.15, -0.1) is 0 Å². The summed E-state index contributed by atoms with van der Waals surface area (Å²) in [4.78, 5) is 14.5. The second kappa shape index (κ2) is 8.49. The normalized spacial score (nSPS) is 20.1. The van der Waals surface area contributed by atoms with Crippen LogP contribution in [0.15, 0.2) is 36.4 Å². The van der Waals surface area contributed by atoms with Crippen molar-refractivity contribution >= 4 is 5.91 Å². The predicted octanol–water partition coefficient (Wildman–Crippen LogP) is 2.87. The van der Waals surface area contributed by atoms with Crippen molar-refractivity contribution in [3.8, 4) is 11.3 Å². The van der Waals surface area contributed by atoms with Crippen LogP contribution in [-0.2, 0) is 18.3 Å². The molecule has 0 bridgehead atoms. The molecule has 2 heterocycles. The Kier molecular flexibility index (Phi) is 6.09. The maximum Gasteiger partial charge on any atom is 0.225 e. The molecule has 0 radical (unpaired) electrons. The molecular weight excluding hydrogens is 324 g/mol. The van der Waals surface area contributed by atoms with Crippen molar-refractivity contribution in [1.82, 2.24) is 20.0 Å². The predicted molar refractivity (Wildman–Crippen MR) is 105 cm³/mol. The first kappa shape index (κ1) is 18.6. The highest BCUT2D eigenvalue weighted by Crippen LogP contribution is 2.21. The molecule has 0 saturated carbocycles. The Morgan fingerprint density at radius 3 is 2.85 bits per heavy atom. The highest BCUT2D eigenvalue weighted by atomic mass is 16.2. The van der Waals surface area contributed by atoms with Crippen molar-refractivity contribution in [1.29, 1.82) is 0 Å². The molecule has 5 heteroatoms. The van der Waals surface area contributed by atoms with Gasteiger partial charge in [-0.05, 0) is 50.8 Å². The van der Waals surface area contributed by atoms with Gasteiger partial charge in [0.1, 0.15) is 0 Å². The average Bonchev–Trinajstić information content (AvgIpc) is 3.02. The average molecular weight is 354 g/mol. The van der Waals surface area contributed by atoms with E-state index in [1.165, 1.54) is 5.56 Å². The van der Waals surface area contributed by atoms with Crippen LogP contribution in [0.25, 0.3) is 11.3 Å². The highest BCUT2D eigenvalue weighted by Gasteiger charge is 2.26. The molecule has 2 atom stereocenters. The SMILES string of the molecule is C[C@H]1C[C@@H](C(=O)N(C)CCCc2cc(-c3ccccc3)n(C)n2)CCN1. The van der Waals surface area contributed by atoms with Crippen LogP contribution in [-0.4, -0.2) is 46.8 Å². The van der Waals surface area contributed by atoms with E-state index in [1.807, 2.05) is 41.9 Å². The van der Waals surface area contributed by atoms with Gasteiger partial charge in [-0.1, -0.05) is 30.3 Å². The van der Waals surface area contributed by atoms with E-state index in [9.17, 15) is 4.79 Å². The van der Waals surface area contributed by atoms with Crippen molar-refractivity contribution in [3.63, 3.8) is 0 Å². The number of hydrogen-bond acceptors (Lipinski definition) is 3. The van der Waals surface area contributed by atoms with Crippen LogP contribution in [0.2, 0.25) is 0 Å². The minimum absolute atomic E-state index is 0.177. The highest BCUT2D eigenvalue weighted by molar-refractivity contribution is 5.78. The lowest BCUT2D eigenvalue weighted by atomic mass is 9.92. The zero-order chi connectivity index (χ0) is 18.5. The van der Waals surface area contributed by atoms with E-state index < -0.39 is 0 Å². The number of hydrogen-bond donors (Lipinski definition) is 1. The zero-order valence-corrected chi connectivity index (χ0v) is 16.1. The second-order valence-corrected chi connectivity index (χ2v) is 7.45. The number of aryl methyl sites for hydroxylation is 2. The van der Waals surface area contributed by atoms with Crippen molar-refractivity contribution < 1.29 is 4.79 Å². The Labute approximate surface area is 156 Å². The number of piperidine rings is 1. The van der Waals surface area contributed by atoms with Crippen LogP contribution >= 0.6 is 0 Å². The standard InChI is InChI=1S/C21H30N4O/c1-16-14-18(11-12-22-16)21(26)24(2)13-7-10-19-15-20(25(3)23-19)17-8-5-4-6-9-17/h4-6,8-9,15-16,18,22H,7,10-14H2,1-3H3/t16-,18-/m0/s1. The largest absolute Gasteiger partial charge is 0.346 e. The lowest BCUT2D eigenvalue weighted by molar-refractivity contribution is -0.135. The molecule has 3 rings (SSSR count). The summed E-state index contributed by atoms with van der Waals surface area (Å²) in [5.41, 5.74) is 3.40. The van der Waals surface area contributed by atoms with Crippen LogP contribution in [0.4, 0.5) is 0 Å². The van der Waals surface area contributed by atoms with Gasteiger partial charge in [0.05, 0.1) is 11.4 Å². The van der Waals surface area contributed by atoms with Gasteiger partial charge in [0.15, 0.2) is 0 Å². The van der Waals surface area contributed by atoms with Crippen LogP contribution in [0.1, 0.15) is 31.9 Å². The van der Waals surface area contributed by atoms with Gasteiger partial charge >= 0.3 is 0 Å². The molecule has 1 fully saturated rings. The number of nitrogens with one attached hydrogen (secondary N) is 1. The van der Waals surface area contributed by atoms with Gasteiger partial charge < -0.3 is 10.2 Å². The van der Waals surface area contributed by atoms with Gasteiger partial charge in [0.25, 0.3) is 0 Å². The van der Waals surface area contributed by atoms with Gasteiger partial charge in [-0.3, -0.25) is 9.48 Å². The third-order valence-corrected chi connectivity index (χ3v) is 5.28. The first-order valence-corrected chi connectivity index (χ1v) is 9.61. The quantitative estimate of drug-likeness (QED) is 0.868. The van der Waals surface area contributed by atoms with Crippen molar-refractivity contribution in [2.24, 2.45) is 13.0 Å². The zero-order valence-electron chi connectivity index (χ0n) is 16.1. The lowest BCUT2D eigenvalue weighted by Crippen LogP contribution is -2.43. The first-order chi connectivity index (χ1) is 12.5. The van der Waals surface area contributed by atoms with E-state index in [2.05, 4.69) is 35.5 Å². The molecule has 1 amide bonds. The lowest BCUT2D eigenvalue weighted by Gasteiger charge is -2.30. The van der Waals surface area contributed by atoms with E-state index in [4.69, 9.17) is 0 Å². The summed E-state index contributed by atoms with van der Waals surface area (Å²) >= 11 is 0. The summed E-state index contributed by atoms with van der Waals surface area (Å²) in [5.74, 6) is 0.472. The van der Waals surface area contributed by atoms with Crippen LogP contribution < -0.4 is 5.32 Å². The third kappa shape index (κ3) is 4.52. The Hall–Kier alpha value is -2.14. The summed E-state index contributed by atoms with van der Waals surface area (Å²) in [6, 6.07) is 12.9. The van der Waals surface area contributed by atoms with Crippen LogP contribution in [0, 0.1) is 5.92 Å². The topological polar surface area (TPSA) is 50.2 Å². The Bertz CT molecular complexity index is 725. The minimum Gasteiger partial charge on any atom is -0.346 e. The van der Waals surface area contributed by atoms with E-state index in [0.29, 0.717) is 11.9 Å². The smallest absolute Gasteiger partial charge is 0.225 e. The van der Waals surface area contributed by atoms with Gasteiger partial charge in [-0.25, -0.2) is 0 Å². The summed E-state index contributed by atoms with van der Waals surface area (Å²) in [6.07, 6.45) is 3.73. The van der Waals surface area contributed by atoms with E-state index in [1.54, 1.807) is 0 Å². The van der Waals surface area contributed by atoms with E-state index in [-0.39, 0.29) is 5.92 Å². The number of carbonyl (C=O) groups excluding carboxylic acids is 1. The fourth-order valence-corrected chi connectivity index (χ4v) is 3.80. The molecule has 1 aliphatic rings. The first-order valence-electron chi connectivity index (χ1n) is 9.61. The van der Waals surface area contributed by atoms with E-state index in [0.717, 1.165) is 50.2 Å². The summed E-state index contributed by atoms with van der Waals surface area (Å²) < 4.78 is 1.94. The number of nitrogens with zero attached hydrogens (tertiary/aromatic N) is 3. The van der Waals surface area contributed by atoms with Gasteiger partial charge in [-0.2, -0.15) is 5.10 Å². The number of rotatable bonds is 6. The molecule has 0 spiro atoms. The summed E-state index contributed by atoms with van der Waals surface area (Å²) in [6.45, 7) is 3.89. The fourth-order valence-electron chi connectivity index (χ4n) is 3.80. The molecular formula is C21H30N4O. The van der Waals surface area contributed by atoms with Crippen molar-refractivity contribution in [2.45, 2.75) is 38.6 Å². The van der Waals surface area contributed by atoms with Crippen molar-refractivity contribution in [2.75, 3.05) is 20.1 Å². The number of aromatic nitrogens is 2. The summed E-state index contributed by atoms with van der Waals surface area (Å²) in [5, 5.41) is 8.04. The van der Waals surface area contributed by atoms with Crippen molar-refractivity contribution in [3.05, 3.63) is 42.1 Å². The van der Waals surface area contributed by atoms with Gasteiger partial charge in [0.2, 0.25) is 5.91 Å². The molecule has 1 saturated heterocycles. The Morgan fingerprint density at radius 2 is 2.12 bits per heavy atom. The summed E-state index contributed by atoms with van der Waals surface area (Å²) in [7, 11) is 3.92. The Morgan fingerprint density at radius 1 is 1.35 bits per heavy atom. The molecule has 2 aromatic rings. The Balaban J connectivity index is 1.51. The second-order valence-electron chi connectivity index (χ2n) is 7.45. The molecule has 1 aromatic heterocycles. The van der Waals surface area contributed by atoms with E-state index >= 15 is 0 Å². The maximum atomic E-state index is 12.6. The number of amides is 1. The molecule has 1 aromatic carbocycles. The molecule has 26 heavy (non-hydrogen) atoms. The van der Waals surface area contributed by atoms with Crippen LogP contribution in [0.3, 0.4) is 0 Å². The molecule has 1 N–H and O–H groups in total. The van der Waals surface area contributed by atoms with Gasteiger partial charge in [0, 0.05) is 32.6 Å². The van der Waals surface area contributed by atoms with Crippen LogP contribution in [0.5, 0.6) is 0 Å². The molecule has 0 aliphatic carbocycles. The molecule has 0 unspecified atom stereocenters. The maximum absolute atomic E-state index is 12.6. The molecule has 1 aliphatic heterocycles. The number of carbonyl (C=O) groups is 1. The fraction of sp³-hybridized carbons (Fsp3) is 0.524. The number of benzene rings is 1. The third-order valence-electron chi connectivity index (χ3n) is 5.28. The monoisotopic (exact) mass is 354 g/mol.